The van der Waals surface area contributed by atoms with Crippen molar-refractivity contribution in [3.05, 3.63) is 5.53 Å². The molecule has 2 rings (SSSR count). The molecule has 2 fully saturated rings. The number of hydrogen-bond acceptors (Lipinski definition) is 3. The van der Waals surface area contributed by atoms with Gasteiger partial charge in [0.2, 0.25) is 0 Å². The van der Waals surface area contributed by atoms with E-state index in [9.17, 15) is 18.7 Å². The van der Waals surface area contributed by atoms with E-state index in [1.54, 1.807) is 0 Å². The van der Waals surface area contributed by atoms with Crippen LogP contribution >= 0.6 is 0 Å². The van der Waals surface area contributed by atoms with E-state index in [2.05, 4.69) is 11.7 Å². The second-order valence-corrected chi connectivity index (χ2v) is 10.6. The lowest BCUT2D eigenvalue weighted by atomic mass is 9.85. The number of nitrogens with zero attached hydrogens (tertiary/aromatic N) is 2. The fourth-order valence-electron chi connectivity index (χ4n) is 4.71. The van der Waals surface area contributed by atoms with Gasteiger partial charge in [-0.05, 0) is 44.4 Å². The van der Waals surface area contributed by atoms with Gasteiger partial charge < -0.3 is 5.53 Å². The van der Waals surface area contributed by atoms with Crippen LogP contribution in [0.2, 0.25) is 0 Å². The molecule has 0 unspecified atom stereocenters. The van der Waals surface area contributed by atoms with E-state index in [4.69, 9.17) is 0 Å². The van der Waals surface area contributed by atoms with Gasteiger partial charge in [0, 0.05) is 5.92 Å². The van der Waals surface area contributed by atoms with Crippen LogP contribution in [0, 0.1) is 11.8 Å². The number of carbonyl (C=O) groups excluding carboxylic acids is 1. The molecule has 5 nitrogen and oxygen atoms in total. The molecular formula is C21H36N2O3S. The monoisotopic (exact) mass is 396 g/mol. The van der Waals surface area contributed by atoms with E-state index in [0.717, 1.165) is 32.1 Å². The summed E-state index contributed by atoms with van der Waals surface area (Å²) in [6, 6.07) is 0. The zero-order chi connectivity index (χ0) is 19.7. The average molecular weight is 397 g/mol. The van der Waals surface area contributed by atoms with Crippen molar-refractivity contribution >= 4 is 20.7 Å². The highest BCUT2D eigenvalue weighted by Crippen LogP contribution is 2.33. The zero-order valence-corrected chi connectivity index (χ0v) is 17.7. The molecule has 0 heterocycles. The van der Waals surface area contributed by atoms with Crippen LogP contribution in [0.5, 0.6) is 0 Å². The van der Waals surface area contributed by atoms with Crippen LogP contribution < -0.4 is 0 Å². The van der Waals surface area contributed by atoms with Crippen LogP contribution in [0.25, 0.3) is 5.53 Å². The number of sulfone groups is 1. The van der Waals surface area contributed by atoms with Crippen molar-refractivity contribution in [2.75, 3.05) is 0 Å². The summed E-state index contributed by atoms with van der Waals surface area (Å²) >= 11 is 0. The van der Waals surface area contributed by atoms with Gasteiger partial charge in [-0.2, -0.15) is 0 Å². The summed E-state index contributed by atoms with van der Waals surface area (Å²) in [7, 11) is -3.83. The Bertz CT molecular complexity index is 624. The minimum atomic E-state index is -3.83. The first-order valence-electron chi connectivity index (χ1n) is 11.0. The second kappa shape index (κ2) is 11.1. The minimum Gasteiger partial charge on any atom is -0.360 e. The van der Waals surface area contributed by atoms with Gasteiger partial charge in [0.1, 0.15) is 0 Å². The van der Waals surface area contributed by atoms with Crippen LogP contribution in [0.15, 0.2) is 0 Å². The van der Waals surface area contributed by atoms with Crippen molar-refractivity contribution in [1.29, 1.82) is 0 Å². The molecular weight excluding hydrogens is 360 g/mol. The molecule has 0 aliphatic heterocycles. The molecule has 2 aliphatic rings. The lowest BCUT2D eigenvalue weighted by molar-refractivity contribution is -0.120. The first kappa shape index (κ1) is 22.3. The number of ketones is 1. The summed E-state index contributed by atoms with van der Waals surface area (Å²) in [5.41, 5.74) is 9.32. The molecule has 0 saturated heterocycles. The Morgan fingerprint density at radius 2 is 1.56 bits per heavy atom. The molecule has 0 radical (unpaired) electrons. The van der Waals surface area contributed by atoms with Crippen molar-refractivity contribution in [1.82, 2.24) is 0 Å². The number of hydrogen-bond donors (Lipinski definition) is 0. The Kier molecular flexibility index (Phi) is 9.17. The van der Waals surface area contributed by atoms with E-state index in [1.807, 2.05) is 0 Å². The summed E-state index contributed by atoms with van der Waals surface area (Å²) in [5, 5.41) is -1.13. The highest BCUT2D eigenvalue weighted by Gasteiger charge is 2.45. The standard InChI is InChI=1S/C21H36N2O3S/c1-2-3-4-5-7-10-17-13-15-19(16-14-17)27(25,26)21(23-22)20(24)18-11-8-6-9-12-18/h17-19H,2-16H2,1H3. The quantitative estimate of drug-likeness (QED) is 0.179. The highest BCUT2D eigenvalue weighted by atomic mass is 32.2. The second-order valence-electron chi connectivity index (χ2n) is 8.49. The van der Waals surface area contributed by atoms with Gasteiger partial charge in [-0.3, -0.25) is 4.79 Å². The molecule has 0 spiro atoms. The van der Waals surface area contributed by atoms with Crippen molar-refractivity contribution in [2.24, 2.45) is 11.8 Å². The average Bonchev–Trinajstić information content (AvgIpc) is 2.69. The normalized spacial score (nSPS) is 24.3. The third-order valence-corrected chi connectivity index (χ3v) is 8.67. The van der Waals surface area contributed by atoms with Crippen LogP contribution in [-0.2, 0) is 14.6 Å². The number of rotatable bonds is 9. The number of unbranched alkanes of at least 4 members (excludes halogenated alkanes) is 4. The Labute approximate surface area is 164 Å². The van der Waals surface area contributed by atoms with Crippen molar-refractivity contribution in [3.63, 3.8) is 0 Å². The highest BCUT2D eigenvalue weighted by molar-refractivity contribution is 8.08. The molecule has 6 heteroatoms. The van der Waals surface area contributed by atoms with Crippen molar-refractivity contribution in [3.8, 4) is 0 Å². The van der Waals surface area contributed by atoms with Crippen LogP contribution in [0.3, 0.4) is 0 Å². The summed E-state index contributed by atoms with van der Waals surface area (Å²) in [4.78, 5) is 15.6. The molecule has 2 aliphatic carbocycles. The molecule has 0 bridgehead atoms. The molecule has 27 heavy (non-hydrogen) atoms. The lowest BCUT2D eigenvalue weighted by Crippen LogP contribution is -2.39. The summed E-state index contributed by atoms with van der Waals surface area (Å²) < 4.78 is 25.9. The molecule has 0 aromatic heterocycles. The van der Waals surface area contributed by atoms with Gasteiger partial charge in [-0.25, -0.2) is 8.42 Å². The Morgan fingerprint density at radius 1 is 0.926 bits per heavy atom. The van der Waals surface area contributed by atoms with Crippen LogP contribution in [0.1, 0.15) is 103 Å². The summed E-state index contributed by atoms with van der Waals surface area (Å²) in [5.74, 6) is -0.157. The zero-order valence-electron chi connectivity index (χ0n) is 16.9. The largest absolute Gasteiger partial charge is 0.447 e. The molecule has 0 aromatic rings. The smallest absolute Gasteiger partial charge is 0.360 e. The molecule has 0 N–H and O–H groups in total. The molecule has 154 valence electrons. The van der Waals surface area contributed by atoms with Crippen LogP contribution in [0.4, 0.5) is 0 Å². The van der Waals surface area contributed by atoms with E-state index < -0.39 is 25.9 Å². The predicted molar refractivity (Wildman–Crippen MR) is 108 cm³/mol. The molecule has 0 amide bonds. The van der Waals surface area contributed by atoms with E-state index >= 15 is 0 Å². The maximum absolute atomic E-state index is 12.9. The number of Topliss-reactive ketones (excluding diaryl/α,β-unsaturated/α-hetero) is 1. The lowest BCUT2D eigenvalue weighted by Gasteiger charge is -2.27. The van der Waals surface area contributed by atoms with Gasteiger partial charge in [0.05, 0.1) is 5.25 Å². The van der Waals surface area contributed by atoms with Gasteiger partial charge >= 0.3 is 5.04 Å². The Hall–Kier alpha value is -1.00. The maximum atomic E-state index is 12.9. The fourth-order valence-corrected chi connectivity index (χ4v) is 6.48. The first-order valence-corrected chi connectivity index (χ1v) is 12.6. The van der Waals surface area contributed by atoms with E-state index in [-0.39, 0.29) is 5.92 Å². The fraction of sp³-hybridized carbons (Fsp3) is 0.905. The van der Waals surface area contributed by atoms with Gasteiger partial charge in [-0.15, -0.1) is 4.79 Å². The van der Waals surface area contributed by atoms with Crippen molar-refractivity contribution in [2.45, 2.75) is 108 Å². The molecule has 0 atom stereocenters. The summed E-state index contributed by atoms with van der Waals surface area (Å²) in [6.07, 6.45) is 14.9. The van der Waals surface area contributed by atoms with Crippen molar-refractivity contribution < 1.29 is 18.0 Å². The molecule has 2 saturated carbocycles. The van der Waals surface area contributed by atoms with E-state index in [1.165, 1.54) is 38.5 Å². The first-order chi connectivity index (χ1) is 13.0. The SMILES string of the molecule is CCCCCCCC1CCC(S(=O)(=O)C(=[N+]=[N-])C(=O)C2CCCCC2)CC1. The maximum Gasteiger partial charge on any atom is 0.447 e. The topological polar surface area (TPSA) is 87.6 Å². The summed E-state index contributed by atoms with van der Waals surface area (Å²) in [6.45, 7) is 2.21. The van der Waals surface area contributed by atoms with Gasteiger partial charge in [0.15, 0.2) is 0 Å². The minimum absolute atomic E-state index is 0.293. The number of carbonyl (C=O) groups is 1. The van der Waals surface area contributed by atoms with E-state index in [0.29, 0.717) is 31.6 Å². The predicted octanol–water partition coefficient (Wildman–Crippen LogP) is 5.10. The third kappa shape index (κ3) is 6.25. The Balaban J connectivity index is 1.87. The van der Waals surface area contributed by atoms with Gasteiger partial charge in [0.25, 0.3) is 15.6 Å². The molecule has 0 aromatic carbocycles. The third-order valence-electron chi connectivity index (χ3n) is 6.50. The Morgan fingerprint density at radius 3 is 2.15 bits per heavy atom. The van der Waals surface area contributed by atoms with Crippen LogP contribution in [-0.4, -0.2) is 29.3 Å². The van der Waals surface area contributed by atoms with Gasteiger partial charge in [-0.1, -0.05) is 64.7 Å².